The summed E-state index contributed by atoms with van der Waals surface area (Å²) in [6, 6.07) is 12.0. The zero-order valence-corrected chi connectivity index (χ0v) is 13.4. The predicted molar refractivity (Wildman–Crippen MR) is 85.9 cm³/mol. The summed E-state index contributed by atoms with van der Waals surface area (Å²) in [5.74, 6) is -0.799. The highest BCUT2D eigenvalue weighted by atomic mass is 79.9. The molecule has 110 valence electrons. The van der Waals surface area contributed by atoms with E-state index in [0.29, 0.717) is 5.69 Å². The standard InChI is InChI=1S/C16H16BrFN2O/c1-20(2)10-11-5-3-6-12(9-11)19-16(21)13-7-4-8-14(18)15(13)17/h3-9H,10H2,1-2H3,(H,19,21). The summed E-state index contributed by atoms with van der Waals surface area (Å²) in [5, 5.41) is 2.79. The molecule has 0 atom stereocenters. The van der Waals surface area contributed by atoms with Crippen molar-refractivity contribution in [2.45, 2.75) is 6.54 Å². The van der Waals surface area contributed by atoms with Crippen LogP contribution in [0.2, 0.25) is 0 Å². The maximum Gasteiger partial charge on any atom is 0.256 e. The van der Waals surface area contributed by atoms with E-state index in [1.807, 2.05) is 43.3 Å². The molecule has 3 nitrogen and oxygen atoms in total. The number of anilines is 1. The van der Waals surface area contributed by atoms with Gasteiger partial charge in [0, 0.05) is 12.2 Å². The van der Waals surface area contributed by atoms with Crippen LogP contribution in [0.25, 0.3) is 0 Å². The Balaban J connectivity index is 2.18. The maximum absolute atomic E-state index is 13.5. The number of halogens is 2. The lowest BCUT2D eigenvalue weighted by Gasteiger charge is -2.12. The molecule has 0 aliphatic carbocycles. The molecule has 2 rings (SSSR count). The average Bonchev–Trinajstić information content (AvgIpc) is 2.41. The van der Waals surface area contributed by atoms with Crippen LogP contribution in [-0.4, -0.2) is 24.9 Å². The van der Waals surface area contributed by atoms with Crippen LogP contribution in [0, 0.1) is 5.82 Å². The van der Waals surface area contributed by atoms with Gasteiger partial charge in [-0.05, 0) is 59.9 Å². The number of nitrogens with one attached hydrogen (secondary N) is 1. The number of carbonyl (C=O) groups is 1. The minimum atomic E-state index is -0.455. The van der Waals surface area contributed by atoms with Crippen LogP contribution in [0.1, 0.15) is 15.9 Å². The Labute approximate surface area is 131 Å². The Morgan fingerprint density at radius 3 is 2.67 bits per heavy atom. The van der Waals surface area contributed by atoms with E-state index < -0.39 is 5.82 Å². The van der Waals surface area contributed by atoms with Crippen molar-refractivity contribution in [3.8, 4) is 0 Å². The van der Waals surface area contributed by atoms with Gasteiger partial charge in [-0.1, -0.05) is 18.2 Å². The summed E-state index contributed by atoms with van der Waals surface area (Å²) in [5.41, 5.74) is 2.06. The molecule has 1 N–H and O–H groups in total. The first-order valence-electron chi connectivity index (χ1n) is 6.46. The summed E-state index contributed by atoms with van der Waals surface area (Å²) in [7, 11) is 3.96. The highest BCUT2D eigenvalue weighted by Gasteiger charge is 2.13. The average molecular weight is 351 g/mol. The molecule has 0 radical (unpaired) electrons. The third kappa shape index (κ3) is 4.12. The van der Waals surface area contributed by atoms with Gasteiger partial charge in [0.15, 0.2) is 0 Å². The van der Waals surface area contributed by atoms with Crippen LogP contribution in [0.5, 0.6) is 0 Å². The monoisotopic (exact) mass is 350 g/mol. The molecule has 0 spiro atoms. The van der Waals surface area contributed by atoms with E-state index in [1.165, 1.54) is 12.1 Å². The van der Waals surface area contributed by atoms with Gasteiger partial charge >= 0.3 is 0 Å². The van der Waals surface area contributed by atoms with E-state index in [0.717, 1.165) is 12.1 Å². The largest absolute Gasteiger partial charge is 0.322 e. The summed E-state index contributed by atoms with van der Waals surface area (Å²) < 4.78 is 13.6. The van der Waals surface area contributed by atoms with Crippen molar-refractivity contribution in [3.05, 3.63) is 63.9 Å². The highest BCUT2D eigenvalue weighted by Crippen LogP contribution is 2.22. The topological polar surface area (TPSA) is 32.3 Å². The van der Waals surface area contributed by atoms with Crippen LogP contribution in [0.4, 0.5) is 10.1 Å². The van der Waals surface area contributed by atoms with Crippen molar-refractivity contribution >= 4 is 27.5 Å². The van der Waals surface area contributed by atoms with Crippen LogP contribution in [0.15, 0.2) is 46.9 Å². The lowest BCUT2D eigenvalue weighted by molar-refractivity contribution is 0.102. The van der Waals surface area contributed by atoms with Crippen molar-refractivity contribution in [2.24, 2.45) is 0 Å². The van der Waals surface area contributed by atoms with Gasteiger partial charge < -0.3 is 10.2 Å². The normalized spacial score (nSPS) is 10.7. The third-order valence-electron chi connectivity index (χ3n) is 2.88. The second-order valence-corrected chi connectivity index (χ2v) is 5.79. The Hall–Kier alpha value is -1.72. The number of rotatable bonds is 4. The number of benzene rings is 2. The maximum atomic E-state index is 13.5. The summed E-state index contributed by atoms with van der Waals surface area (Å²) in [6.45, 7) is 0.785. The van der Waals surface area contributed by atoms with Crippen molar-refractivity contribution in [1.82, 2.24) is 4.90 Å². The molecule has 21 heavy (non-hydrogen) atoms. The molecule has 5 heteroatoms. The van der Waals surface area contributed by atoms with Gasteiger partial charge in [-0.2, -0.15) is 0 Å². The quantitative estimate of drug-likeness (QED) is 0.906. The molecule has 0 aliphatic heterocycles. The smallest absolute Gasteiger partial charge is 0.256 e. The Morgan fingerprint density at radius 2 is 1.95 bits per heavy atom. The first-order chi connectivity index (χ1) is 9.97. The molecule has 0 aliphatic rings. The van der Waals surface area contributed by atoms with Gasteiger partial charge in [-0.15, -0.1) is 0 Å². The van der Waals surface area contributed by atoms with Gasteiger partial charge in [0.05, 0.1) is 10.0 Å². The van der Waals surface area contributed by atoms with Crippen LogP contribution >= 0.6 is 15.9 Å². The zero-order valence-electron chi connectivity index (χ0n) is 11.9. The molecule has 0 saturated heterocycles. The third-order valence-corrected chi connectivity index (χ3v) is 3.69. The fraction of sp³-hybridized carbons (Fsp3) is 0.188. The van der Waals surface area contributed by atoms with Gasteiger partial charge in [0.1, 0.15) is 5.82 Å². The van der Waals surface area contributed by atoms with Crippen molar-refractivity contribution in [1.29, 1.82) is 0 Å². The van der Waals surface area contributed by atoms with E-state index in [1.54, 1.807) is 6.07 Å². The van der Waals surface area contributed by atoms with E-state index in [-0.39, 0.29) is 15.9 Å². The predicted octanol–water partition coefficient (Wildman–Crippen LogP) is 3.90. The molecule has 0 aromatic heterocycles. The minimum Gasteiger partial charge on any atom is -0.322 e. The van der Waals surface area contributed by atoms with Crippen molar-refractivity contribution in [3.63, 3.8) is 0 Å². The number of hydrogen-bond acceptors (Lipinski definition) is 2. The molecule has 0 unspecified atom stereocenters. The highest BCUT2D eigenvalue weighted by molar-refractivity contribution is 9.10. The number of amides is 1. The van der Waals surface area contributed by atoms with E-state index in [9.17, 15) is 9.18 Å². The summed E-state index contributed by atoms with van der Waals surface area (Å²) in [6.07, 6.45) is 0. The molecule has 2 aromatic rings. The zero-order chi connectivity index (χ0) is 15.4. The Morgan fingerprint density at radius 1 is 1.24 bits per heavy atom. The van der Waals surface area contributed by atoms with E-state index in [2.05, 4.69) is 21.2 Å². The first-order valence-corrected chi connectivity index (χ1v) is 7.25. The van der Waals surface area contributed by atoms with Crippen molar-refractivity contribution in [2.75, 3.05) is 19.4 Å². The second kappa shape index (κ2) is 6.83. The lowest BCUT2D eigenvalue weighted by Crippen LogP contribution is -2.14. The van der Waals surface area contributed by atoms with Crippen LogP contribution in [-0.2, 0) is 6.54 Å². The van der Waals surface area contributed by atoms with Gasteiger partial charge in [-0.3, -0.25) is 4.79 Å². The van der Waals surface area contributed by atoms with Gasteiger partial charge in [-0.25, -0.2) is 4.39 Å². The molecule has 0 bridgehead atoms. The Kier molecular flexibility index (Phi) is 5.09. The molecule has 2 aromatic carbocycles. The summed E-state index contributed by atoms with van der Waals surface area (Å²) >= 11 is 3.10. The fourth-order valence-corrected chi connectivity index (χ4v) is 2.43. The SMILES string of the molecule is CN(C)Cc1cccc(NC(=O)c2cccc(F)c2Br)c1. The molecular formula is C16H16BrFN2O. The minimum absolute atomic E-state index is 0.173. The Bertz CT molecular complexity index is 658. The van der Waals surface area contributed by atoms with E-state index in [4.69, 9.17) is 0 Å². The first kappa shape index (κ1) is 15.7. The number of hydrogen-bond donors (Lipinski definition) is 1. The molecule has 0 saturated carbocycles. The summed E-state index contributed by atoms with van der Waals surface area (Å²) in [4.78, 5) is 14.2. The molecular weight excluding hydrogens is 335 g/mol. The number of carbonyl (C=O) groups excluding carboxylic acids is 1. The lowest BCUT2D eigenvalue weighted by atomic mass is 10.1. The number of nitrogens with zero attached hydrogens (tertiary/aromatic N) is 1. The van der Waals surface area contributed by atoms with Gasteiger partial charge in [0.2, 0.25) is 0 Å². The van der Waals surface area contributed by atoms with E-state index >= 15 is 0 Å². The second-order valence-electron chi connectivity index (χ2n) is 4.99. The molecule has 1 amide bonds. The molecule has 0 heterocycles. The van der Waals surface area contributed by atoms with Crippen LogP contribution in [0.3, 0.4) is 0 Å². The van der Waals surface area contributed by atoms with Crippen LogP contribution < -0.4 is 5.32 Å². The molecule has 0 fully saturated rings. The fourth-order valence-electron chi connectivity index (χ4n) is 1.99. The van der Waals surface area contributed by atoms with Gasteiger partial charge in [0.25, 0.3) is 5.91 Å². The van der Waals surface area contributed by atoms with Crippen molar-refractivity contribution < 1.29 is 9.18 Å².